The van der Waals surface area contributed by atoms with Crippen LogP contribution in [0.5, 0.6) is 0 Å². The number of halogens is 2. The summed E-state index contributed by atoms with van der Waals surface area (Å²) in [6.07, 6.45) is 0.617. The van der Waals surface area contributed by atoms with Gasteiger partial charge in [0.25, 0.3) is 0 Å². The van der Waals surface area contributed by atoms with Crippen molar-refractivity contribution in [2.45, 2.75) is 6.42 Å². The third kappa shape index (κ3) is 3.37. The Labute approximate surface area is 100 Å². The van der Waals surface area contributed by atoms with Crippen molar-refractivity contribution in [2.24, 2.45) is 0 Å². The summed E-state index contributed by atoms with van der Waals surface area (Å²) in [5, 5.41) is 2.54. The number of hydrogen-bond acceptors (Lipinski definition) is 2. The van der Waals surface area contributed by atoms with Gasteiger partial charge >= 0.3 is 7.67 Å². The van der Waals surface area contributed by atoms with E-state index in [1.807, 2.05) is 0 Å². The predicted octanol–water partition coefficient (Wildman–Crippen LogP) is 1.88. The van der Waals surface area contributed by atoms with Gasteiger partial charge in [-0.1, -0.05) is 0 Å². The molecule has 0 aromatic heterocycles. The second-order valence-electron chi connectivity index (χ2n) is 2.51. The van der Waals surface area contributed by atoms with E-state index in [0.717, 1.165) is 0 Å². The van der Waals surface area contributed by atoms with Crippen LogP contribution in [-0.4, -0.2) is 42.6 Å². The van der Waals surface area contributed by atoms with Crippen LogP contribution in [0.15, 0.2) is 0 Å². The van der Waals surface area contributed by atoms with Gasteiger partial charge in [0.1, 0.15) is 0 Å². The summed E-state index contributed by atoms with van der Waals surface area (Å²) in [6, 6.07) is 0. The summed E-state index contributed by atoms with van der Waals surface area (Å²) in [4.78, 5) is 0. The molecule has 1 N–H and O–H groups in total. The molecule has 14 heavy (non-hydrogen) atoms. The minimum atomic E-state index is -3.84. The molecule has 1 unspecified atom stereocenters. The van der Waals surface area contributed by atoms with Gasteiger partial charge in [-0.3, -0.25) is 4.57 Å². The highest BCUT2D eigenvalue weighted by Crippen LogP contribution is 2.47. The van der Waals surface area contributed by atoms with Gasteiger partial charge in [-0.15, -0.1) is 23.2 Å². The SMILES string of the molecule is [2H]C([2H])(CCl)N(C([2H])([2H])CCl)P1(=O)NCCCO1. The quantitative estimate of drug-likeness (QED) is 0.608. The molecule has 0 radical (unpaired) electrons. The fraction of sp³-hybridized carbons (Fsp3) is 1.00. The minimum absolute atomic E-state index is 0.164. The Bertz CT molecular complexity index is 321. The summed E-state index contributed by atoms with van der Waals surface area (Å²) in [6.45, 7) is -4.18. The van der Waals surface area contributed by atoms with E-state index in [4.69, 9.17) is 33.2 Å². The van der Waals surface area contributed by atoms with Crippen LogP contribution in [0.25, 0.3) is 0 Å². The molecule has 1 saturated heterocycles. The van der Waals surface area contributed by atoms with Crippen molar-refractivity contribution in [2.75, 3.05) is 37.9 Å². The summed E-state index contributed by atoms with van der Waals surface area (Å²) in [5.41, 5.74) is 0. The Morgan fingerprint density at radius 3 is 2.57 bits per heavy atom. The molecule has 0 saturated carbocycles. The third-order valence-corrected chi connectivity index (χ3v) is 3.79. The molecule has 7 heteroatoms. The summed E-state index contributed by atoms with van der Waals surface area (Å²) >= 11 is 11.0. The van der Waals surface area contributed by atoms with E-state index in [1.165, 1.54) is 0 Å². The fourth-order valence-electron chi connectivity index (χ4n) is 1.01. The maximum Gasteiger partial charge on any atom is 0.343 e. The van der Waals surface area contributed by atoms with Gasteiger partial charge in [0.15, 0.2) is 0 Å². The van der Waals surface area contributed by atoms with Gasteiger partial charge in [-0.05, 0) is 6.42 Å². The standard InChI is InChI=1S/C7H15Cl2N2O2P/c8-2-5-11(6-3-9)14(12)10-4-1-7-13-14/h1-7H2,(H,10,12)/i5D2,6D2. The molecule has 0 aliphatic carbocycles. The highest BCUT2D eigenvalue weighted by atomic mass is 35.5. The Balaban J connectivity index is 3.16. The van der Waals surface area contributed by atoms with Gasteiger partial charge < -0.3 is 4.52 Å². The van der Waals surface area contributed by atoms with Crippen LogP contribution in [-0.2, 0) is 9.09 Å². The number of nitrogens with zero attached hydrogens (tertiary/aromatic N) is 1. The summed E-state index contributed by atoms with van der Waals surface area (Å²) < 4.78 is 49.0. The molecule has 0 amide bonds. The molecule has 0 aromatic carbocycles. The molecular weight excluding hydrogens is 246 g/mol. The first-order valence-electron chi connectivity index (χ1n) is 6.12. The molecule has 84 valence electrons. The second-order valence-corrected chi connectivity index (χ2v) is 5.06. The van der Waals surface area contributed by atoms with Gasteiger partial charge in [0, 0.05) is 36.8 Å². The van der Waals surface area contributed by atoms with Gasteiger partial charge in [0.05, 0.1) is 6.61 Å². The molecule has 1 rings (SSSR count). The summed E-state index contributed by atoms with van der Waals surface area (Å²) in [5.74, 6) is -1.11. The number of nitrogens with one attached hydrogen (secondary N) is 1. The van der Waals surface area contributed by atoms with Crippen LogP contribution in [0.1, 0.15) is 11.9 Å². The average Bonchev–Trinajstić information content (AvgIpc) is 2.29. The fourth-order valence-corrected chi connectivity index (χ4v) is 3.10. The lowest BCUT2D eigenvalue weighted by Crippen LogP contribution is -2.35. The first kappa shape index (κ1) is 7.88. The van der Waals surface area contributed by atoms with E-state index in [2.05, 4.69) is 5.09 Å². The number of hydrogen-bond donors (Lipinski definition) is 1. The van der Waals surface area contributed by atoms with Crippen LogP contribution < -0.4 is 5.09 Å². The van der Waals surface area contributed by atoms with Gasteiger partial charge in [0.2, 0.25) is 0 Å². The normalized spacial score (nSPS) is 34.5. The van der Waals surface area contributed by atoms with E-state index in [9.17, 15) is 4.57 Å². The van der Waals surface area contributed by atoms with Gasteiger partial charge in [-0.2, -0.15) is 0 Å². The lowest BCUT2D eigenvalue weighted by atomic mass is 10.5. The lowest BCUT2D eigenvalue weighted by molar-refractivity contribution is 0.233. The highest BCUT2D eigenvalue weighted by Gasteiger charge is 2.32. The highest BCUT2D eigenvalue weighted by molar-refractivity contribution is 7.54. The van der Waals surface area contributed by atoms with Crippen LogP contribution in [0.3, 0.4) is 0 Å². The van der Waals surface area contributed by atoms with Crippen molar-refractivity contribution in [1.82, 2.24) is 9.76 Å². The molecule has 1 fully saturated rings. The molecule has 4 nitrogen and oxygen atoms in total. The first-order chi connectivity index (χ1) is 8.19. The van der Waals surface area contributed by atoms with Crippen molar-refractivity contribution >= 4 is 30.9 Å². The molecule has 1 aliphatic rings. The Morgan fingerprint density at radius 2 is 2.14 bits per heavy atom. The topological polar surface area (TPSA) is 41.6 Å². The van der Waals surface area contributed by atoms with E-state index in [0.29, 0.717) is 17.6 Å². The maximum absolute atomic E-state index is 12.5. The minimum Gasteiger partial charge on any atom is -0.306 e. The molecule has 0 bridgehead atoms. The van der Waals surface area contributed by atoms with Crippen molar-refractivity contribution in [3.8, 4) is 0 Å². The van der Waals surface area contributed by atoms with Crippen LogP contribution in [0.2, 0.25) is 0 Å². The van der Waals surface area contributed by atoms with Crippen molar-refractivity contribution in [3.05, 3.63) is 0 Å². The monoisotopic (exact) mass is 264 g/mol. The van der Waals surface area contributed by atoms with Crippen LogP contribution >= 0.6 is 30.9 Å². The Kier molecular flexibility index (Phi) is 3.55. The molecule has 1 aliphatic heterocycles. The zero-order chi connectivity index (χ0) is 14.0. The van der Waals surface area contributed by atoms with E-state index in [-0.39, 0.29) is 6.61 Å². The molecule has 0 aromatic rings. The van der Waals surface area contributed by atoms with Crippen LogP contribution in [0.4, 0.5) is 0 Å². The first-order valence-corrected chi connectivity index (χ1v) is 6.77. The number of rotatable bonds is 5. The molecule has 1 heterocycles. The smallest absolute Gasteiger partial charge is 0.306 e. The second kappa shape index (κ2) is 6.31. The van der Waals surface area contributed by atoms with Crippen molar-refractivity contribution < 1.29 is 14.6 Å². The molecule has 1 atom stereocenters. The Hall–Kier alpha value is 0.690. The van der Waals surface area contributed by atoms with Crippen molar-refractivity contribution in [1.29, 1.82) is 0 Å². The zero-order valence-electron chi connectivity index (χ0n) is 11.5. The Morgan fingerprint density at radius 1 is 1.50 bits per heavy atom. The van der Waals surface area contributed by atoms with Crippen LogP contribution in [0, 0.1) is 0 Å². The summed E-state index contributed by atoms with van der Waals surface area (Å²) in [7, 11) is -3.84. The maximum atomic E-state index is 12.5. The lowest BCUT2D eigenvalue weighted by Gasteiger charge is -2.33. The van der Waals surface area contributed by atoms with Crippen molar-refractivity contribution in [3.63, 3.8) is 0 Å². The largest absolute Gasteiger partial charge is 0.343 e. The predicted molar refractivity (Wildman–Crippen MR) is 59.2 cm³/mol. The zero-order valence-corrected chi connectivity index (χ0v) is 9.91. The molecule has 0 spiro atoms. The van der Waals surface area contributed by atoms with E-state index < -0.39 is 32.4 Å². The van der Waals surface area contributed by atoms with Gasteiger partial charge in [-0.25, -0.2) is 9.76 Å². The average molecular weight is 265 g/mol. The number of alkyl halides is 2. The van der Waals surface area contributed by atoms with E-state index >= 15 is 0 Å². The molecular formula is C7H15Cl2N2O2P. The van der Waals surface area contributed by atoms with E-state index in [1.54, 1.807) is 0 Å². The third-order valence-electron chi connectivity index (χ3n) is 1.58.